The minimum absolute atomic E-state index is 0.193. The van der Waals surface area contributed by atoms with Gasteiger partial charge in [-0.05, 0) is 31.5 Å². The van der Waals surface area contributed by atoms with Gasteiger partial charge in [0.2, 0.25) is 5.91 Å². The third kappa shape index (κ3) is 3.03. The Morgan fingerprint density at radius 3 is 2.39 bits per heavy atom. The van der Waals surface area contributed by atoms with Crippen LogP contribution in [0.1, 0.15) is 19.4 Å². The standard InChI is InChI=1S/C14H19ClN2O/c1-10-8-16-9-11(2)17(10)14(18)7-12-3-5-13(15)6-4-12/h3-6,10-11,16H,7-9H2,1-2H3. The maximum absolute atomic E-state index is 12.3. The number of piperazine rings is 1. The molecule has 4 heteroatoms. The van der Waals surface area contributed by atoms with Crippen LogP contribution < -0.4 is 5.32 Å². The molecule has 0 spiro atoms. The third-order valence-electron chi connectivity index (χ3n) is 3.39. The molecule has 0 bridgehead atoms. The van der Waals surface area contributed by atoms with E-state index in [4.69, 9.17) is 11.6 Å². The van der Waals surface area contributed by atoms with Crippen LogP contribution in [0.3, 0.4) is 0 Å². The van der Waals surface area contributed by atoms with Crippen LogP contribution in [-0.4, -0.2) is 36.0 Å². The summed E-state index contributed by atoms with van der Waals surface area (Å²) in [6.07, 6.45) is 0.450. The minimum atomic E-state index is 0.193. The molecule has 98 valence electrons. The molecule has 1 aliphatic rings. The molecule has 1 aromatic carbocycles. The molecule has 1 aromatic rings. The first-order valence-electron chi connectivity index (χ1n) is 6.34. The molecule has 3 nitrogen and oxygen atoms in total. The van der Waals surface area contributed by atoms with E-state index in [-0.39, 0.29) is 18.0 Å². The molecule has 2 atom stereocenters. The fourth-order valence-electron chi connectivity index (χ4n) is 2.49. The van der Waals surface area contributed by atoms with Crippen molar-refractivity contribution >= 4 is 17.5 Å². The number of benzene rings is 1. The van der Waals surface area contributed by atoms with Crippen LogP contribution in [0, 0.1) is 0 Å². The Morgan fingerprint density at radius 1 is 1.28 bits per heavy atom. The summed E-state index contributed by atoms with van der Waals surface area (Å²) in [4.78, 5) is 14.3. The van der Waals surface area contributed by atoms with Crippen molar-refractivity contribution in [1.82, 2.24) is 10.2 Å². The van der Waals surface area contributed by atoms with Crippen molar-refractivity contribution in [3.8, 4) is 0 Å². The van der Waals surface area contributed by atoms with Gasteiger partial charge >= 0.3 is 0 Å². The molecule has 1 saturated heterocycles. The molecule has 1 aliphatic heterocycles. The Labute approximate surface area is 113 Å². The van der Waals surface area contributed by atoms with Crippen LogP contribution in [0.5, 0.6) is 0 Å². The van der Waals surface area contributed by atoms with Crippen LogP contribution in [0.4, 0.5) is 0 Å². The average Bonchev–Trinajstić information content (AvgIpc) is 2.32. The number of nitrogens with one attached hydrogen (secondary N) is 1. The van der Waals surface area contributed by atoms with Crippen molar-refractivity contribution in [3.63, 3.8) is 0 Å². The summed E-state index contributed by atoms with van der Waals surface area (Å²) in [6.45, 7) is 5.91. The summed E-state index contributed by atoms with van der Waals surface area (Å²) >= 11 is 5.84. The molecule has 0 aromatic heterocycles. The smallest absolute Gasteiger partial charge is 0.227 e. The van der Waals surface area contributed by atoms with Crippen LogP contribution in [0.15, 0.2) is 24.3 Å². The number of halogens is 1. The predicted octanol–water partition coefficient (Wildman–Crippen LogP) is 2.09. The minimum Gasteiger partial charge on any atom is -0.334 e. The Kier molecular flexibility index (Phi) is 4.25. The molecule has 1 amide bonds. The first-order chi connectivity index (χ1) is 8.58. The van der Waals surface area contributed by atoms with E-state index in [9.17, 15) is 4.79 Å². The quantitative estimate of drug-likeness (QED) is 0.889. The average molecular weight is 267 g/mol. The first kappa shape index (κ1) is 13.4. The van der Waals surface area contributed by atoms with Crippen molar-refractivity contribution in [1.29, 1.82) is 0 Å². The Balaban J connectivity index is 2.04. The molecule has 2 unspecified atom stereocenters. The van der Waals surface area contributed by atoms with Crippen LogP contribution >= 0.6 is 11.6 Å². The van der Waals surface area contributed by atoms with E-state index in [1.54, 1.807) is 0 Å². The Hall–Kier alpha value is -1.06. The van der Waals surface area contributed by atoms with Gasteiger partial charge in [-0.1, -0.05) is 23.7 Å². The van der Waals surface area contributed by atoms with Gasteiger partial charge in [0.15, 0.2) is 0 Å². The van der Waals surface area contributed by atoms with Gasteiger partial charge in [0.25, 0.3) is 0 Å². The molecule has 2 rings (SSSR count). The second-order valence-electron chi connectivity index (χ2n) is 4.96. The maximum Gasteiger partial charge on any atom is 0.227 e. The lowest BCUT2D eigenvalue weighted by molar-refractivity contribution is -0.135. The molecule has 0 saturated carbocycles. The monoisotopic (exact) mass is 266 g/mol. The molecule has 0 aliphatic carbocycles. The lowest BCUT2D eigenvalue weighted by atomic mass is 10.1. The lowest BCUT2D eigenvalue weighted by Crippen LogP contribution is -2.57. The van der Waals surface area contributed by atoms with Crippen LogP contribution in [0.2, 0.25) is 5.02 Å². The number of hydrogen-bond acceptors (Lipinski definition) is 2. The highest BCUT2D eigenvalue weighted by atomic mass is 35.5. The number of rotatable bonds is 2. The summed E-state index contributed by atoms with van der Waals surface area (Å²) in [5.74, 6) is 0.193. The zero-order valence-electron chi connectivity index (χ0n) is 10.8. The molecular formula is C14H19ClN2O. The van der Waals surface area contributed by atoms with E-state index in [0.29, 0.717) is 11.4 Å². The fraction of sp³-hybridized carbons (Fsp3) is 0.500. The summed E-state index contributed by atoms with van der Waals surface area (Å²) in [5, 5.41) is 4.03. The van der Waals surface area contributed by atoms with Gasteiger partial charge in [-0.15, -0.1) is 0 Å². The largest absolute Gasteiger partial charge is 0.334 e. The van der Waals surface area contributed by atoms with Crippen molar-refractivity contribution in [2.75, 3.05) is 13.1 Å². The summed E-state index contributed by atoms with van der Waals surface area (Å²) < 4.78 is 0. The SMILES string of the molecule is CC1CNCC(C)N1C(=O)Cc1ccc(Cl)cc1. The second-order valence-corrected chi connectivity index (χ2v) is 5.40. The molecule has 18 heavy (non-hydrogen) atoms. The summed E-state index contributed by atoms with van der Waals surface area (Å²) in [6, 6.07) is 8.00. The van der Waals surface area contributed by atoms with Crippen molar-refractivity contribution in [2.45, 2.75) is 32.4 Å². The van der Waals surface area contributed by atoms with E-state index in [1.165, 1.54) is 0 Å². The van der Waals surface area contributed by atoms with Gasteiger partial charge < -0.3 is 10.2 Å². The van der Waals surface area contributed by atoms with Gasteiger partial charge in [-0.3, -0.25) is 4.79 Å². The zero-order chi connectivity index (χ0) is 13.1. The highest BCUT2D eigenvalue weighted by molar-refractivity contribution is 6.30. The van der Waals surface area contributed by atoms with Crippen molar-refractivity contribution in [3.05, 3.63) is 34.9 Å². The summed E-state index contributed by atoms with van der Waals surface area (Å²) in [7, 11) is 0. The number of amides is 1. The van der Waals surface area contributed by atoms with Crippen molar-refractivity contribution in [2.24, 2.45) is 0 Å². The number of carbonyl (C=O) groups is 1. The van der Waals surface area contributed by atoms with Crippen molar-refractivity contribution < 1.29 is 4.79 Å². The van der Waals surface area contributed by atoms with E-state index < -0.39 is 0 Å². The number of carbonyl (C=O) groups excluding carboxylic acids is 1. The Morgan fingerprint density at radius 2 is 1.83 bits per heavy atom. The molecule has 1 N–H and O–H groups in total. The zero-order valence-corrected chi connectivity index (χ0v) is 11.6. The van der Waals surface area contributed by atoms with Gasteiger partial charge in [0.1, 0.15) is 0 Å². The first-order valence-corrected chi connectivity index (χ1v) is 6.72. The fourth-order valence-corrected chi connectivity index (χ4v) is 2.62. The molecule has 1 heterocycles. The van der Waals surface area contributed by atoms with E-state index in [2.05, 4.69) is 19.2 Å². The van der Waals surface area contributed by atoms with Gasteiger partial charge in [0, 0.05) is 30.2 Å². The van der Waals surface area contributed by atoms with E-state index in [0.717, 1.165) is 18.7 Å². The normalized spacial score (nSPS) is 24.1. The van der Waals surface area contributed by atoms with Gasteiger partial charge in [-0.2, -0.15) is 0 Å². The van der Waals surface area contributed by atoms with Crippen LogP contribution in [0.25, 0.3) is 0 Å². The highest BCUT2D eigenvalue weighted by Crippen LogP contribution is 2.14. The van der Waals surface area contributed by atoms with E-state index >= 15 is 0 Å². The van der Waals surface area contributed by atoms with E-state index in [1.807, 2.05) is 29.2 Å². The number of hydrogen-bond donors (Lipinski definition) is 1. The second kappa shape index (κ2) is 5.72. The topological polar surface area (TPSA) is 32.3 Å². The molecular weight excluding hydrogens is 248 g/mol. The molecule has 1 fully saturated rings. The van der Waals surface area contributed by atoms with Gasteiger partial charge in [0.05, 0.1) is 6.42 Å². The lowest BCUT2D eigenvalue weighted by Gasteiger charge is -2.39. The summed E-state index contributed by atoms with van der Waals surface area (Å²) in [5.41, 5.74) is 1.02. The maximum atomic E-state index is 12.3. The number of nitrogens with zero attached hydrogens (tertiary/aromatic N) is 1. The molecule has 0 radical (unpaired) electrons. The highest BCUT2D eigenvalue weighted by Gasteiger charge is 2.28. The third-order valence-corrected chi connectivity index (χ3v) is 3.64. The Bertz CT molecular complexity index is 408. The predicted molar refractivity (Wildman–Crippen MR) is 73.8 cm³/mol. The van der Waals surface area contributed by atoms with Crippen LogP contribution in [-0.2, 0) is 11.2 Å². The van der Waals surface area contributed by atoms with Gasteiger partial charge in [-0.25, -0.2) is 0 Å².